The van der Waals surface area contributed by atoms with Gasteiger partial charge in [0.1, 0.15) is 5.75 Å². The summed E-state index contributed by atoms with van der Waals surface area (Å²) >= 11 is 0. The molecule has 0 radical (unpaired) electrons. The van der Waals surface area contributed by atoms with Gasteiger partial charge in [0, 0.05) is 5.39 Å². The topological polar surface area (TPSA) is 40.5 Å². The smallest absolute Gasteiger partial charge is 0.126 e. The molecule has 0 fully saturated rings. The average Bonchev–Trinajstić information content (AvgIpc) is 2.29. The van der Waals surface area contributed by atoms with Gasteiger partial charge in [-0.05, 0) is 28.5 Å². The van der Waals surface area contributed by atoms with Gasteiger partial charge in [0.15, 0.2) is 0 Å². The molecule has 0 aliphatic rings. The molecule has 2 nitrogen and oxygen atoms in total. The van der Waals surface area contributed by atoms with Crippen molar-refractivity contribution in [2.45, 2.75) is 26.4 Å². The number of benzene rings is 2. The average molecular weight is 216 g/mol. The summed E-state index contributed by atoms with van der Waals surface area (Å²) in [5.74, 6) is 0.581. The number of aliphatic hydroxyl groups is 1. The van der Waals surface area contributed by atoms with E-state index < -0.39 is 0 Å². The van der Waals surface area contributed by atoms with Gasteiger partial charge < -0.3 is 10.2 Å². The molecule has 0 spiro atoms. The Kier molecular flexibility index (Phi) is 2.84. The zero-order chi connectivity index (χ0) is 11.7. The SMILES string of the molecule is CC(C)c1cc(CO)c2ccccc2c1O. The van der Waals surface area contributed by atoms with E-state index in [0.29, 0.717) is 5.75 Å². The fourth-order valence-corrected chi connectivity index (χ4v) is 2.03. The lowest BCUT2D eigenvalue weighted by Gasteiger charge is -2.14. The second kappa shape index (κ2) is 4.14. The molecule has 16 heavy (non-hydrogen) atoms. The van der Waals surface area contributed by atoms with Crippen molar-refractivity contribution in [1.29, 1.82) is 0 Å². The molecule has 2 aromatic carbocycles. The molecule has 0 aliphatic carbocycles. The van der Waals surface area contributed by atoms with E-state index in [4.69, 9.17) is 0 Å². The van der Waals surface area contributed by atoms with Crippen molar-refractivity contribution in [2.24, 2.45) is 0 Å². The van der Waals surface area contributed by atoms with E-state index >= 15 is 0 Å². The van der Waals surface area contributed by atoms with Crippen molar-refractivity contribution in [3.8, 4) is 5.75 Å². The van der Waals surface area contributed by atoms with Crippen LogP contribution in [0.3, 0.4) is 0 Å². The number of phenols is 1. The third kappa shape index (κ3) is 1.65. The van der Waals surface area contributed by atoms with E-state index in [1.807, 2.05) is 44.2 Å². The van der Waals surface area contributed by atoms with Crippen molar-refractivity contribution >= 4 is 10.8 Å². The summed E-state index contributed by atoms with van der Waals surface area (Å²) < 4.78 is 0. The molecule has 2 rings (SSSR count). The van der Waals surface area contributed by atoms with Crippen molar-refractivity contribution in [2.75, 3.05) is 0 Å². The first-order valence-corrected chi connectivity index (χ1v) is 5.49. The molecule has 0 saturated heterocycles. The molecule has 0 bridgehead atoms. The van der Waals surface area contributed by atoms with Crippen LogP contribution in [0.15, 0.2) is 30.3 Å². The number of hydrogen-bond donors (Lipinski definition) is 2. The van der Waals surface area contributed by atoms with E-state index in [-0.39, 0.29) is 12.5 Å². The van der Waals surface area contributed by atoms with Crippen LogP contribution in [-0.2, 0) is 6.61 Å². The molecule has 0 unspecified atom stereocenters. The van der Waals surface area contributed by atoms with Gasteiger partial charge in [-0.15, -0.1) is 0 Å². The summed E-state index contributed by atoms with van der Waals surface area (Å²) in [5, 5.41) is 21.2. The Morgan fingerprint density at radius 2 is 1.75 bits per heavy atom. The van der Waals surface area contributed by atoms with Crippen molar-refractivity contribution in [3.63, 3.8) is 0 Å². The van der Waals surface area contributed by atoms with E-state index in [0.717, 1.165) is 21.9 Å². The molecule has 0 saturated carbocycles. The molecule has 0 aromatic heterocycles. The first kappa shape index (κ1) is 11.0. The van der Waals surface area contributed by atoms with Gasteiger partial charge in [-0.25, -0.2) is 0 Å². The van der Waals surface area contributed by atoms with E-state index in [9.17, 15) is 10.2 Å². The third-order valence-electron chi connectivity index (χ3n) is 2.92. The Morgan fingerprint density at radius 3 is 2.31 bits per heavy atom. The zero-order valence-electron chi connectivity index (χ0n) is 9.57. The summed E-state index contributed by atoms with van der Waals surface area (Å²) in [5.41, 5.74) is 1.76. The summed E-state index contributed by atoms with van der Waals surface area (Å²) in [6.45, 7) is 4.07. The highest BCUT2D eigenvalue weighted by atomic mass is 16.3. The molecule has 2 aromatic rings. The molecular formula is C14H16O2. The van der Waals surface area contributed by atoms with E-state index in [2.05, 4.69) is 0 Å². The van der Waals surface area contributed by atoms with Crippen LogP contribution in [0.25, 0.3) is 10.8 Å². The molecule has 0 heterocycles. The lowest BCUT2D eigenvalue weighted by Crippen LogP contribution is -1.94. The Balaban J connectivity index is 2.83. The minimum atomic E-state index is 0.000509. The first-order chi connectivity index (χ1) is 7.65. The molecule has 0 amide bonds. The fourth-order valence-electron chi connectivity index (χ4n) is 2.03. The van der Waals surface area contributed by atoms with Gasteiger partial charge in [0.2, 0.25) is 0 Å². The van der Waals surface area contributed by atoms with Gasteiger partial charge >= 0.3 is 0 Å². The number of rotatable bonds is 2. The molecule has 2 N–H and O–H groups in total. The van der Waals surface area contributed by atoms with Crippen LogP contribution in [0.1, 0.15) is 30.9 Å². The van der Waals surface area contributed by atoms with Crippen LogP contribution in [0.2, 0.25) is 0 Å². The molecule has 2 heteroatoms. The van der Waals surface area contributed by atoms with Gasteiger partial charge in [0.05, 0.1) is 6.61 Å². The second-order valence-electron chi connectivity index (χ2n) is 4.33. The summed E-state index contributed by atoms with van der Waals surface area (Å²) in [4.78, 5) is 0. The van der Waals surface area contributed by atoms with Crippen LogP contribution < -0.4 is 0 Å². The van der Waals surface area contributed by atoms with Crippen LogP contribution in [-0.4, -0.2) is 10.2 Å². The quantitative estimate of drug-likeness (QED) is 0.809. The molecule has 0 aliphatic heterocycles. The number of aromatic hydroxyl groups is 1. The molecular weight excluding hydrogens is 200 g/mol. The summed E-state index contributed by atoms with van der Waals surface area (Å²) in [7, 11) is 0. The van der Waals surface area contributed by atoms with Crippen LogP contribution in [0.5, 0.6) is 5.75 Å². The van der Waals surface area contributed by atoms with E-state index in [1.54, 1.807) is 0 Å². The van der Waals surface area contributed by atoms with Crippen LogP contribution in [0, 0.1) is 0 Å². The monoisotopic (exact) mass is 216 g/mol. The van der Waals surface area contributed by atoms with Crippen LogP contribution >= 0.6 is 0 Å². The lowest BCUT2D eigenvalue weighted by atomic mass is 9.94. The van der Waals surface area contributed by atoms with Crippen molar-refractivity contribution < 1.29 is 10.2 Å². The second-order valence-corrected chi connectivity index (χ2v) is 4.33. The highest BCUT2D eigenvalue weighted by Gasteiger charge is 2.12. The Bertz CT molecular complexity index is 515. The maximum atomic E-state index is 10.2. The normalized spacial score (nSPS) is 11.2. The summed E-state index contributed by atoms with van der Waals surface area (Å²) in [6, 6.07) is 9.51. The molecule has 84 valence electrons. The predicted octanol–water partition coefficient (Wildman–Crippen LogP) is 3.16. The summed E-state index contributed by atoms with van der Waals surface area (Å²) in [6.07, 6.45) is 0. The third-order valence-corrected chi connectivity index (χ3v) is 2.92. The molecule has 0 atom stereocenters. The Labute approximate surface area is 95.2 Å². The highest BCUT2D eigenvalue weighted by molar-refractivity contribution is 5.92. The van der Waals surface area contributed by atoms with Gasteiger partial charge in [-0.1, -0.05) is 38.1 Å². The maximum absolute atomic E-state index is 10.2. The zero-order valence-corrected chi connectivity index (χ0v) is 9.57. The fraction of sp³-hybridized carbons (Fsp3) is 0.286. The van der Waals surface area contributed by atoms with Crippen molar-refractivity contribution in [3.05, 3.63) is 41.5 Å². The lowest BCUT2D eigenvalue weighted by molar-refractivity contribution is 0.283. The highest BCUT2D eigenvalue weighted by Crippen LogP contribution is 2.35. The Morgan fingerprint density at radius 1 is 1.12 bits per heavy atom. The number of phenolic OH excluding ortho intramolecular Hbond substituents is 1. The predicted molar refractivity (Wildman–Crippen MR) is 65.6 cm³/mol. The number of aliphatic hydroxyl groups excluding tert-OH is 1. The van der Waals surface area contributed by atoms with Gasteiger partial charge in [-0.3, -0.25) is 0 Å². The minimum Gasteiger partial charge on any atom is -0.507 e. The minimum absolute atomic E-state index is 0.000509. The van der Waals surface area contributed by atoms with Crippen LogP contribution in [0.4, 0.5) is 0 Å². The maximum Gasteiger partial charge on any atom is 0.126 e. The number of hydrogen-bond acceptors (Lipinski definition) is 2. The van der Waals surface area contributed by atoms with Gasteiger partial charge in [-0.2, -0.15) is 0 Å². The van der Waals surface area contributed by atoms with Crippen molar-refractivity contribution in [1.82, 2.24) is 0 Å². The largest absolute Gasteiger partial charge is 0.507 e. The van der Waals surface area contributed by atoms with Gasteiger partial charge in [0.25, 0.3) is 0 Å². The Hall–Kier alpha value is -1.54. The number of fused-ring (bicyclic) bond motifs is 1. The standard InChI is InChI=1S/C14H16O2/c1-9(2)13-7-10(8-15)11-5-3-4-6-12(11)14(13)16/h3-7,9,15-16H,8H2,1-2H3. The van der Waals surface area contributed by atoms with E-state index in [1.165, 1.54) is 0 Å². The first-order valence-electron chi connectivity index (χ1n) is 5.49.